The van der Waals surface area contributed by atoms with Gasteiger partial charge in [-0.15, -0.1) is 0 Å². The van der Waals surface area contributed by atoms with Crippen molar-refractivity contribution in [3.05, 3.63) is 48.0 Å². The predicted octanol–water partition coefficient (Wildman–Crippen LogP) is 2.50. The number of amides is 1. The second-order valence-corrected chi connectivity index (χ2v) is 5.18. The lowest BCUT2D eigenvalue weighted by molar-refractivity contribution is -0.121. The number of nitrogens with one attached hydrogen (secondary N) is 2. The lowest BCUT2D eigenvalue weighted by Gasteiger charge is -2.11. The van der Waals surface area contributed by atoms with Gasteiger partial charge in [0.2, 0.25) is 5.91 Å². The number of fused-ring (bicyclic) bond motifs is 1. The molecule has 0 fully saturated rings. The van der Waals surface area contributed by atoms with Crippen molar-refractivity contribution in [1.82, 2.24) is 10.6 Å². The average molecular weight is 270 g/mol. The molecule has 2 rings (SSSR count). The van der Waals surface area contributed by atoms with Crippen LogP contribution in [0.5, 0.6) is 0 Å². The van der Waals surface area contributed by atoms with Crippen LogP contribution in [0.4, 0.5) is 0 Å². The molecule has 0 bridgehead atoms. The molecule has 3 nitrogen and oxygen atoms in total. The van der Waals surface area contributed by atoms with E-state index in [0.29, 0.717) is 19.0 Å². The number of aryl methyl sites for hydroxylation is 1. The third kappa shape index (κ3) is 4.07. The van der Waals surface area contributed by atoms with Gasteiger partial charge in [0.25, 0.3) is 0 Å². The maximum Gasteiger partial charge on any atom is 0.220 e. The summed E-state index contributed by atoms with van der Waals surface area (Å²) in [6.45, 7) is 2.72. The Balaban J connectivity index is 1.87. The molecule has 2 N–H and O–H groups in total. The summed E-state index contributed by atoms with van der Waals surface area (Å²) in [5.74, 6) is 0.111. The van der Waals surface area contributed by atoms with Gasteiger partial charge in [-0.05, 0) is 36.7 Å². The van der Waals surface area contributed by atoms with E-state index in [-0.39, 0.29) is 5.91 Å². The Morgan fingerprint density at radius 2 is 1.90 bits per heavy atom. The first-order valence-corrected chi connectivity index (χ1v) is 7.10. The van der Waals surface area contributed by atoms with Gasteiger partial charge in [-0.3, -0.25) is 4.79 Å². The van der Waals surface area contributed by atoms with Gasteiger partial charge in [0.1, 0.15) is 0 Å². The molecule has 2 aromatic rings. The van der Waals surface area contributed by atoms with Crippen LogP contribution in [0.25, 0.3) is 10.8 Å². The number of carbonyl (C=O) groups excluding carboxylic acids is 1. The fourth-order valence-corrected chi connectivity index (χ4v) is 2.11. The number of rotatable bonds is 6. The normalized spacial score (nSPS) is 12.3. The first-order valence-electron chi connectivity index (χ1n) is 7.10. The second-order valence-electron chi connectivity index (χ2n) is 5.18. The van der Waals surface area contributed by atoms with Gasteiger partial charge in [-0.2, -0.15) is 0 Å². The summed E-state index contributed by atoms with van der Waals surface area (Å²) in [6, 6.07) is 15.0. The van der Waals surface area contributed by atoms with Crippen LogP contribution >= 0.6 is 0 Å². The summed E-state index contributed by atoms with van der Waals surface area (Å²) < 4.78 is 0. The second kappa shape index (κ2) is 7.06. The molecule has 106 valence electrons. The smallest absolute Gasteiger partial charge is 0.220 e. The van der Waals surface area contributed by atoms with E-state index in [1.54, 1.807) is 0 Å². The Morgan fingerprint density at radius 1 is 1.15 bits per heavy atom. The molecule has 1 atom stereocenters. The Kier molecular flexibility index (Phi) is 5.13. The molecule has 3 heteroatoms. The molecule has 0 heterocycles. The third-order valence-electron chi connectivity index (χ3n) is 3.55. The average Bonchev–Trinajstić information content (AvgIpc) is 2.50. The quantitative estimate of drug-likeness (QED) is 0.847. The first-order chi connectivity index (χ1) is 9.69. The Bertz CT molecular complexity index is 580. The van der Waals surface area contributed by atoms with E-state index in [4.69, 9.17) is 0 Å². The molecule has 0 saturated heterocycles. The van der Waals surface area contributed by atoms with Gasteiger partial charge >= 0.3 is 0 Å². The van der Waals surface area contributed by atoms with Crippen LogP contribution in [0, 0.1) is 0 Å². The zero-order valence-corrected chi connectivity index (χ0v) is 12.1. The number of likely N-dealkylation sites (N-methyl/N-ethyl adjacent to an activating group) is 1. The van der Waals surface area contributed by atoms with Crippen molar-refractivity contribution >= 4 is 16.7 Å². The summed E-state index contributed by atoms with van der Waals surface area (Å²) in [5, 5.41) is 8.51. The molecule has 0 aromatic heterocycles. The summed E-state index contributed by atoms with van der Waals surface area (Å²) >= 11 is 0. The van der Waals surface area contributed by atoms with Crippen molar-refractivity contribution in [2.45, 2.75) is 25.8 Å². The van der Waals surface area contributed by atoms with Crippen LogP contribution in [0.3, 0.4) is 0 Å². The van der Waals surface area contributed by atoms with Crippen LogP contribution in [0.2, 0.25) is 0 Å². The highest BCUT2D eigenvalue weighted by Crippen LogP contribution is 2.16. The van der Waals surface area contributed by atoms with E-state index in [1.165, 1.54) is 16.3 Å². The molecule has 0 saturated carbocycles. The zero-order chi connectivity index (χ0) is 14.4. The number of carbonyl (C=O) groups is 1. The summed E-state index contributed by atoms with van der Waals surface area (Å²) in [7, 11) is 1.89. The molecule has 1 amide bonds. The SMILES string of the molecule is CNC(C)CNC(=O)CCc1ccc2ccccc2c1. The lowest BCUT2D eigenvalue weighted by atomic mass is 10.0. The standard InChI is InChI=1S/C17H22N2O/c1-13(18-2)12-19-17(20)10-8-14-7-9-15-5-3-4-6-16(15)11-14/h3-7,9,11,13,18H,8,10,12H2,1-2H3,(H,19,20). The minimum atomic E-state index is 0.111. The summed E-state index contributed by atoms with van der Waals surface area (Å²) in [4.78, 5) is 11.8. The molecule has 0 aliphatic heterocycles. The summed E-state index contributed by atoms with van der Waals surface area (Å²) in [6.07, 6.45) is 1.32. The highest BCUT2D eigenvalue weighted by atomic mass is 16.1. The van der Waals surface area contributed by atoms with Crippen molar-refractivity contribution in [2.24, 2.45) is 0 Å². The Morgan fingerprint density at radius 3 is 2.65 bits per heavy atom. The van der Waals surface area contributed by atoms with Gasteiger partial charge in [0.15, 0.2) is 0 Å². The van der Waals surface area contributed by atoms with Crippen LogP contribution in [0.1, 0.15) is 18.9 Å². The highest BCUT2D eigenvalue weighted by Gasteiger charge is 2.04. The van der Waals surface area contributed by atoms with Gasteiger partial charge in [-0.1, -0.05) is 42.5 Å². The molecule has 20 heavy (non-hydrogen) atoms. The highest BCUT2D eigenvalue weighted by molar-refractivity contribution is 5.83. The topological polar surface area (TPSA) is 41.1 Å². The Labute approximate surface area is 120 Å². The molecule has 0 radical (unpaired) electrons. The van der Waals surface area contributed by atoms with Crippen molar-refractivity contribution in [3.63, 3.8) is 0 Å². The predicted molar refractivity (Wildman–Crippen MR) is 83.8 cm³/mol. The van der Waals surface area contributed by atoms with Gasteiger partial charge in [0, 0.05) is 19.0 Å². The monoisotopic (exact) mass is 270 g/mol. The molecule has 0 aliphatic rings. The van der Waals surface area contributed by atoms with Crippen molar-refractivity contribution in [2.75, 3.05) is 13.6 Å². The summed E-state index contributed by atoms with van der Waals surface area (Å²) in [5.41, 5.74) is 1.21. The zero-order valence-electron chi connectivity index (χ0n) is 12.1. The molecule has 2 aromatic carbocycles. The van der Waals surface area contributed by atoms with Crippen LogP contribution in [0.15, 0.2) is 42.5 Å². The fraction of sp³-hybridized carbons (Fsp3) is 0.353. The minimum absolute atomic E-state index is 0.111. The van der Waals surface area contributed by atoms with Crippen molar-refractivity contribution < 1.29 is 4.79 Å². The van der Waals surface area contributed by atoms with E-state index in [2.05, 4.69) is 41.0 Å². The molecule has 0 spiro atoms. The van der Waals surface area contributed by atoms with Crippen LogP contribution in [-0.2, 0) is 11.2 Å². The van der Waals surface area contributed by atoms with E-state index >= 15 is 0 Å². The molecule has 0 aliphatic carbocycles. The van der Waals surface area contributed by atoms with Gasteiger partial charge in [0.05, 0.1) is 0 Å². The number of benzene rings is 2. The molecular formula is C17H22N2O. The first kappa shape index (κ1) is 14.5. The molecular weight excluding hydrogens is 248 g/mol. The van der Waals surface area contributed by atoms with Crippen molar-refractivity contribution in [1.29, 1.82) is 0 Å². The maximum atomic E-state index is 11.8. The van der Waals surface area contributed by atoms with Gasteiger partial charge < -0.3 is 10.6 Å². The fourth-order valence-electron chi connectivity index (χ4n) is 2.11. The lowest BCUT2D eigenvalue weighted by Crippen LogP contribution is -2.37. The molecule has 1 unspecified atom stereocenters. The van der Waals surface area contributed by atoms with Crippen molar-refractivity contribution in [3.8, 4) is 0 Å². The van der Waals surface area contributed by atoms with E-state index in [0.717, 1.165) is 6.42 Å². The largest absolute Gasteiger partial charge is 0.355 e. The number of hydrogen-bond donors (Lipinski definition) is 2. The Hall–Kier alpha value is -1.87. The maximum absolute atomic E-state index is 11.8. The van der Waals surface area contributed by atoms with Gasteiger partial charge in [-0.25, -0.2) is 0 Å². The van der Waals surface area contributed by atoms with Crippen LogP contribution in [-0.4, -0.2) is 25.5 Å². The third-order valence-corrected chi connectivity index (χ3v) is 3.55. The van der Waals surface area contributed by atoms with E-state index in [9.17, 15) is 4.79 Å². The minimum Gasteiger partial charge on any atom is -0.355 e. The number of hydrogen-bond acceptors (Lipinski definition) is 2. The van der Waals surface area contributed by atoms with E-state index < -0.39 is 0 Å². The van der Waals surface area contributed by atoms with Crippen LogP contribution < -0.4 is 10.6 Å². The van der Waals surface area contributed by atoms with E-state index in [1.807, 2.05) is 26.1 Å².